The fraction of sp³-hybridized carbons (Fsp3) is 0.190. The third-order valence-electron chi connectivity index (χ3n) is 4.57. The molecule has 0 radical (unpaired) electrons. The number of ether oxygens (including phenoxy) is 1. The topological polar surface area (TPSA) is 81.1 Å². The number of carbonyl (C=O) groups excluding carboxylic acids is 1. The summed E-state index contributed by atoms with van der Waals surface area (Å²) in [6, 6.07) is 8.68. The number of hydrogen-bond donors (Lipinski definition) is 0. The number of anilines is 1. The first-order valence-corrected chi connectivity index (χ1v) is 10.4. The van der Waals surface area contributed by atoms with Gasteiger partial charge in [0.1, 0.15) is 23.0 Å². The van der Waals surface area contributed by atoms with Gasteiger partial charge in [-0.3, -0.25) is 9.69 Å². The van der Waals surface area contributed by atoms with Crippen LogP contribution in [0.1, 0.15) is 22.8 Å². The molecule has 0 N–H and O–H groups in total. The van der Waals surface area contributed by atoms with Crippen molar-refractivity contribution in [1.82, 2.24) is 5.16 Å². The van der Waals surface area contributed by atoms with Crippen molar-refractivity contribution in [1.29, 1.82) is 0 Å². The van der Waals surface area contributed by atoms with Crippen molar-refractivity contribution in [3.05, 3.63) is 70.1 Å². The lowest BCUT2D eigenvalue weighted by molar-refractivity contribution is -0.113. The molecule has 0 spiro atoms. The molecular formula is C21H18ClN3O4S. The van der Waals surface area contributed by atoms with Crippen LogP contribution in [0, 0.1) is 13.8 Å². The molecule has 30 heavy (non-hydrogen) atoms. The number of amidine groups is 1. The molecule has 0 bridgehead atoms. The van der Waals surface area contributed by atoms with Crippen LogP contribution >= 0.6 is 23.4 Å². The lowest BCUT2D eigenvalue weighted by Gasteiger charge is -2.18. The number of thioether (sulfide) groups is 1. The molecule has 2 aromatic heterocycles. The van der Waals surface area contributed by atoms with Crippen LogP contribution in [0.2, 0.25) is 5.02 Å². The van der Waals surface area contributed by atoms with E-state index < -0.39 is 0 Å². The van der Waals surface area contributed by atoms with E-state index in [-0.39, 0.29) is 11.6 Å². The quantitative estimate of drug-likeness (QED) is 0.502. The Morgan fingerprint density at radius 2 is 2.13 bits per heavy atom. The van der Waals surface area contributed by atoms with Gasteiger partial charge in [-0.15, -0.1) is 0 Å². The first-order valence-electron chi connectivity index (χ1n) is 9.04. The summed E-state index contributed by atoms with van der Waals surface area (Å²) < 4.78 is 15.8. The van der Waals surface area contributed by atoms with E-state index in [4.69, 9.17) is 25.3 Å². The third-order valence-corrected chi connectivity index (χ3v) is 5.83. The number of amides is 1. The molecular weight excluding hydrogens is 426 g/mol. The average molecular weight is 444 g/mol. The zero-order valence-corrected chi connectivity index (χ0v) is 18.1. The van der Waals surface area contributed by atoms with Crippen molar-refractivity contribution in [3.8, 4) is 5.75 Å². The van der Waals surface area contributed by atoms with E-state index in [0.717, 1.165) is 17.0 Å². The molecule has 1 aliphatic heterocycles. The standard InChI is InChI=1S/C21H18ClN3O4S/c1-12-16(13(2)29-24-12)11-30-21-23-18(10-15-5-4-8-28-15)20(26)25(21)14-6-7-19(27-3)17(22)9-14/h4-10H,11H2,1-3H3/b18-10+. The number of halogens is 1. The van der Waals surface area contributed by atoms with Gasteiger partial charge >= 0.3 is 0 Å². The molecule has 1 amide bonds. The number of rotatable bonds is 5. The molecule has 0 fully saturated rings. The number of aromatic nitrogens is 1. The van der Waals surface area contributed by atoms with E-state index in [1.165, 1.54) is 16.7 Å². The van der Waals surface area contributed by atoms with Crippen LogP contribution in [0.25, 0.3) is 6.08 Å². The normalized spacial score (nSPS) is 15.2. The summed E-state index contributed by atoms with van der Waals surface area (Å²) in [5.74, 6) is 2.11. The number of hydrogen-bond acceptors (Lipinski definition) is 7. The highest BCUT2D eigenvalue weighted by Gasteiger charge is 2.33. The molecule has 0 saturated carbocycles. The molecule has 0 saturated heterocycles. The smallest absolute Gasteiger partial charge is 0.283 e. The maximum absolute atomic E-state index is 13.2. The average Bonchev–Trinajstić information content (AvgIpc) is 3.42. The molecule has 154 valence electrons. The van der Waals surface area contributed by atoms with Gasteiger partial charge in [-0.05, 0) is 44.2 Å². The van der Waals surface area contributed by atoms with Crippen LogP contribution in [0.15, 0.2) is 56.2 Å². The van der Waals surface area contributed by atoms with Gasteiger partial charge in [0.2, 0.25) is 0 Å². The first kappa shape index (κ1) is 20.3. The molecule has 1 aliphatic rings. The molecule has 3 heterocycles. The van der Waals surface area contributed by atoms with Gasteiger partial charge in [0.15, 0.2) is 5.17 Å². The van der Waals surface area contributed by atoms with Gasteiger partial charge in [-0.1, -0.05) is 28.5 Å². The van der Waals surface area contributed by atoms with E-state index >= 15 is 0 Å². The van der Waals surface area contributed by atoms with Gasteiger partial charge in [-0.2, -0.15) is 0 Å². The Bertz CT molecular complexity index is 1130. The largest absolute Gasteiger partial charge is 0.495 e. The van der Waals surface area contributed by atoms with Crippen LogP contribution in [0.4, 0.5) is 5.69 Å². The second kappa shape index (κ2) is 8.41. The number of aliphatic imine (C=N–C) groups is 1. The highest BCUT2D eigenvalue weighted by Crippen LogP contribution is 2.35. The minimum absolute atomic E-state index is 0.270. The van der Waals surface area contributed by atoms with Crippen molar-refractivity contribution >= 4 is 46.2 Å². The lowest BCUT2D eigenvalue weighted by atomic mass is 10.2. The van der Waals surface area contributed by atoms with E-state index in [2.05, 4.69) is 10.1 Å². The number of furan rings is 1. The fourth-order valence-corrected chi connectivity index (χ4v) is 4.39. The van der Waals surface area contributed by atoms with E-state index in [9.17, 15) is 4.79 Å². The summed E-state index contributed by atoms with van der Waals surface area (Å²) in [6.07, 6.45) is 3.16. The van der Waals surface area contributed by atoms with Gasteiger partial charge < -0.3 is 13.7 Å². The Hall–Kier alpha value is -2.97. The van der Waals surface area contributed by atoms with Gasteiger partial charge in [0, 0.05) is 17.4 Å². The van der Waals surface area contributed by atoms with Crippen molar-refractivity contribution in [2.24, 2.45) is 4.99 Å². The van der Waals surface area contributed by atoms with Crippen molar-refractivity contribution in [2.75, 3.05) is 12.0 Å². The number of nitrogens with zero attached hydrogens (tertiary/aromatic N) is 3. The van der Waals surface area contributed by atoms with Crippen LogP contribution < -0.4 is 9.64 Å². The summed E-state index contributed by atoms with van der Waals surface area (Å²) in [6.45, 7) is 3.75. The van der Waals surface area contributed by atoms with Crippen LogP contribution in [-0.2, 0) is 10.5 Å². The molecule has 4 rings (SSSR count). The number of benzene rings is 1. The van der Waals surface area contributed by atoms with Crippen molar-refractivity contribution in [2.45, 2.75) is 19.6 Å². The summed E-state index contributed by atoms with van der Waals surface area (Å²) in [7, 11) is 1.54. The number of methoxy groups -OCH3 is 1. The summed E-state index contributed by atoms with van der Waals surface area (Å²) in [4.78, 5) is 19.3. The molecule has 9 heteroatoms. The number of carbonyl (C=O) groups is 1. The Balaban J connectivity index is 1.69. The Morgan fingerprint density at radius 1 is 1.30 bits per heavy atom. The minimum atomic E-state index is -0.270. The Labute approximate surface area is 182 Å². The summed E-state index contributed by atoms with van der Waals surface area (Å²) in [5.41, 5.74) is 2.67. The van der Waals surface area contributed by atoms with Crippen molar-refractivity contribution < 1.29 is 18.5 Å². The zero-order chi connectivity index (χ0) is 21.3. The van der Waals surface area contributed by atoms with Gasteiger partial charge in [0.05, 0.1) is 29.8 Å². The van der Waals surface area contributed by atoms with E-state index in [1.54, 1.807) is 49.8 Å². The van der Waals surface area contributed by atoms with Crippen LogP contribution in [0.3, 0.4) is 0 Å². The third kappa shape index (κ3) is 3.88. The van der Waals surface area contributed by atoms with E-state index in [1.807, 2.05) is 13.8 Å². The first-order chi connectivity index (χ1) is 14.5. The number of aryl methyl sites for hydroxylation is 2. The fourth-order valence-electron chi connectivity index (χ4n) is 2.97. The zero-order valence-electron chi connectivity index (χ0n) is 16.5. The molecule has 1 aromatic carbocycles. The highest BCUT2D eigenvalue weighted by molar-refractivity contribution is 8.13. The second-order valence-electron chi connectivity index (χ2n) is 6.49. The van der Waals surface area contributed by atoms with Gasteiger partial charge in [-0.25, -0.2) is 4.99 Å². The molecule has 0 aliphatic carbocycles. The molecule has 3 aromatic rings. The van der Waals surface area contributed by atoms with E-state index in [0.29, 0.717) is 33.1 Å². The summed E-state index contributed by atoms with van der Waals surface area (Å²) in [5, 5.41) is 4.92. The molecule has 0 unspecified atom stereocenters. The minimum Gasteiger partial charge on any atom is -0.495 e. The molecule has 0 atom stereocenters. The maximum atomic E-state index is 13.2. The lowest BCUT2D eigenvalue weighted by Crippen LogP contribution is -2.30. The van der Waals surface area contributed by atoms with Crippen LogP contribution in [-0.4, -0.2) is 23.3 Å². The predicted octanol–water partition coefficient (Wildman–Crippen LogP) is 5.22. The predicted molar refractivity (Wildman–Crippen MR) is 117 cm³/mol. The second-order valence-corrected chi connectivity index (χ2v) is 7.84. The Kier molecular flexibility index (Phi) is 5.69. The SMILES string of the molecule is COc1ccc(N2C(=O)/C(=C\c3ccco3)N=C2SCc2c(C)noc2C)cc1Cl. The summed E-state index contributed by atoms with van der Waals surface area (Å²) >= 11 is 7.71. The maximum Gasteiger partial charge on any atom is 0.283 e. The van der Waals surface area contributed by atoms with Crippen LogP contribution in [0.5, 0.6) is 5.75 Å². The van der Waals surface area contributed by atoms with Gasteiger partial charge in [0.25, 0.3) is 5.91 Å². The highest BCUT2D eigenvalue weighted by atomic mass is 35.5. The molecule has 7 nitrogen and oxygen atoms in total. The van der Waals surface area contributed by atoms with Crippen molar-refractivity contribution in [3.63, 3.8) is 0 Å². The Morgan fingerprint density at radius 3 is 2.77 bits per heavy atom. The monoisotopic (exact) mass is 443 g/mol.